The minimum absolute atomic E-state index is 0.000460. The van der Waals surface area contributed by atoms with Gasteiger partial charge in [0, 0.05) is 50.3 Å². The second-order valence-electron chi connectivity index (χ2n) is 21.6. The fourth-order valence-electron chi connectivity index (χ4n) is 10.6. The number of amides is 4. The maximum Gasteiger partial charge on any atom is 0.258 e. The molecule has 1 aliphatic carbocycles. The molecule has 4 aliphatic rings. The van der Waals surface area contributed by atoms with E-state index in [-0.39, 0.29) is 44.2 Å². The number of benzene rings is 3. The Morgan fingerprint density at radius 3 is 2.41 bits per heavy atom. The molecule has 0 spiro atoms. The third-order valence-corrected chi connectivity index (χ3v) is 16.2. The van der Waals surface area contributed by atoms with E-state index in [1.54, 1.807) is 26.3 Å². The molecule has 4 fully saturated rings. The number of aromatic nitrogens is 6. The fraction of sp³-hybridized carbons (Fsp3) is 0.500. The van der Waals surface area contributed by atoms with Gasteiger partial charge in [-0.1, -0.05) is 62.3 Å². The molecule has 0 radical (unpaired) electrons. The van der Waals surface area contributed by atoms with Gasteiger partial charge in [-0.15, -0.1) is 21.5 Å². The molecule has 4 amide bonds. The number of rotatable bonds is 16. The molecule has 1 saturated carbocycles. The van der Waals surface area contributed by atoms with Crippen LogP contribution >= 0.6 is 11.3 Å². The number of aryl methyl sites for hydroxylation is 1. The third kappa shape index (κ3) is 11.4. The number of nitrogens with zero attached hydrogens (tertiary/aromatic N) is 8. The normalized spacial score (nSPS) is 20.4. The second-order valence-corrected chi connectivity index (χ2v) is 22.4. The molecular weight excluding hydrogens is 966 g/mol. The fourth-order valence-corrected chi connectivity index (χ4v) is 11.4. The number of halogens is 1. The maximum atomic E-state index is 14.8. The molecule has 74 heavy (non-hydrogen) atoms. The van der Waals surface area contributed by atoms with Crippen molar-refractivity contribution < 1.29 is 37.9 Å². The van der Waals surface area contributed by atoms with Crippen molar-refractivity contribution in [3.63, 3.8) is 0 Å². The highest BCUT2D eigenvalue weighted by Gasteiger charge is 2.53. The van der Waals surface area contributed by atoms with Crippen molar-refractivity contribution in [2.24, 2.45) is 11.3 Å². The summed E-state index contributed by atoms with van der Waals surface area (Å²) < 4.78 is 27.1. The van der Waals surface area contributed by atoms with Crippen molar-refractivity contribution in [3.05, 3.63) is 83.5 Å². The van der Waals surface area contributed by atoms with Crippen molar-refractivity contribution in [1.29, 1.82) is 0 Å². The van der Waals surface area contributed by atoms with Gasteiger partial charge < -0.3 is 39.7 Å². The topological polar surface area (TPSA) is 225 Å². The lowest BCUT2D eigenvalue weighted by Crippen LogP contribution is -2.59. The number of hydrogen-bond donors (Lipinski definition) is 4. The predicted molar refractivity (Wildman–Crippen MR) is 275 cm³/mol. The molecule has 3 aromatic carbocycles. The summed E-state index contributed by atoms with van der Waals surface area (Å²) in [4.78, 5) is 66.8. The largest absolute Gasteiger partial charge is 0.490 e. The zero-order chi connectivity index (χ0) is 51.7. The Hall–Kier alpha value is -6.64. The Morgan fingerprint density at radius 1 is 0.959 bits per heavy atom. The van der Waals surface area contributed by atoms with Crippen LogP contribution in [0.5, 0.6) is 5.75 Å². The van der Waals surface area contributed by atoms with Crippen LogP contribution in [-0.4, -0.2) is 143 Å². The van der Waals surface area contributed by atoms with Crippen LogP contribution < -0.4 is 15.4 Å². The number of carbonyl (C=O) groups is 4. The number of piperidine rings is 2. The van der Waals surface area contributed by atoms with E-state index in [1.807, 2.05) is 78.6 Å². The van der Waals surface area contributed by atoms with Crippen LogP contribution in [0.1, 0.15) is 95.9 Å². The molecule has 20 heteroatoms. The van der Waals surface area contributed by atoms with Gasteiger partial charge in [-0.05, 0) is 116 Å². The Balaban J connectivity index is 0.726. The SMILES string of the molecule is Cc1ncsc1-c1ccc([C@H](CC(=O)N2CCC(CCN3CCC(Oc4cccc(-c5onc6ccc(-c7nn[nH]n7)cc56)c4)CC3)CC2)NC(=O)[C@@H]2C[C@@H](O)CN2C(=O)[C@@H](NC(=O)C2(F)CC2)C(C)(C)C)cc1. The van der Waals surface area contributed by atoms with E-state index in [4.69, 9.17) is 9.26 Å². The number of tetrazole rings is 1. The lowest BCUT2D eigenvalue weighted by atomic mass is 9.85. The molecule has 3 aliphatic heterocycles. The summed E-state index contributed by atoms with van der Waals surface area (Å²) in [6.45, 7) is 11.2. The maximum absolute atomic E-state index is 14.8. The molecule has 3 aromatic heterocycles. The zero-order valence-corrected chi connectivity index (χ0v) is 43.1. The van der Waals surface area contributed by atoms with Crippen LogP contribution in [0, 0.1) is 18.3 Å². The van der Waals surface area contributed by atoms with Crippen molar-refractivity contribution in [1.82, 2.24) is 56.1 Å². The lowest BCUT2D eigenvalue weighted by Gasteiger charge is -2.36. The molecule has 0 bridgehead atoms. The summed E-state index contributed by atoms with van der Waals surface area (Å²) in [6.07, 6.45) is 3.88. The Labute approximate surface area is 432 Å². The Kier molecular flexibility index (Phi) is 14.6. The van der Waals surface area contributed by atoms with Crippen LogP contribution in [0.15, 0.2) is 76.8 Å². The van der Waals surface area contributed by atoms with Gasteiger partial charge in [-0.3, -0.25) is 19.2 Å². The van der Waals surface area contributed by atoms with E-state index in [2.05, 4.69) is 46.3 Å². The molecule has 3 saturated heterocycles. The molecule has 390 valence electrons. The van der Waals surface area contributed by atoms with Crippen molar-refractivity contribution in [3.8, 4) is 38.9 Å². The van der Waals surface area contributed by atoms with E-state index in [9.17, 15) is 28.7 Å². The summed E-state index contributed by atoms with van der Waals surface area (Å²) in [7, 11) is 0. The monoisotopic (exact) mass is 1030 g/mol. The first kappa shape index (κ1) is 50.9. The molecule has 4 N–H and O–H groups in total. The lowest BCUT2D eigenvalue weighted by molar-refractivity contribution is -0.145. The molecule has 18 nitrogen and oxygen atoms in total. The number of aromatic amines is 1. The summed E-state index contributed by atoms with van der Waals surface area (Å²) >= 11 is 1.54. The molecule has 6 heterocycles. The molecule has 6 aromatic rings. The number of nitrogens with one attached hydrogen (secondary N) is 3. The van der Waals surface area contributed by atoms with Crippen molar-refractivity contribution >= 4 is 45.9 Å². The predicted octanol–water partition coefficient (Wildman–Crippen LogP) is 6.82. The minimum atomic E-state index is -2.00. The van der Waals surface area contributed by atoms with Gasteiger partial charge >= 0.3 is 0 Å². The van der Waals surface area contributed by atoms with E-state index in [0.29, 0.717) is 30.6 Å². The van der Waals surface area contributed by atoms with Gasteiger partial charge in [0.05, 0.1) is 40.0 Å². The average Bonchev–Trinajstić information content (AvgIpc) is 3.93. The van der Waals surface area contributed by atoms with Crippen LogP contribution in [0.2, 0.25) is 0 Å². The van der Waals surface area contributed by atoms with E-state index < -0.39 is 53.0 Å². The quantitative estimate of drug-likeness (QED) is 0.0782. The molecular formula is C54H64FN11O7S. The van der Waals surface area contributed by atoms with Crippen LogP contribution in [0.25, 0.3) is 44.1 Å². The number of likely N-dealkylation sites (tertiary alicyclic amines) is 3. The number of ether oxygens (including phenoxy) is 1. The second kappa shape index (κ2) is 21.3. The Morgan fingerprint density at radius 2 is 1.72 bits per heavy atom. The van der Waals surface area contributed by atoms with Gasteiger partial charge in [-0.25, -0.2) is 9.37 Å². The highest BCUT2D eigenvalue weighted by atomic mass is 32.1. The van der Waals surface area contributed by atoms with Crippen molar-refractivity contribution in [2.75, 3.05) is 39.3 Å². The van der Waals surface area contributed by atoms with Gasteiger partial charge in [0.2, 0.25) is 23.5 Å². The first-order valence-corrected chi connectivity index (χ1v) is 26.7. The molecule has 4 atom stereocenters. The Bertz CT molecular complexity index is 2960. The summed E-state index contributed by atoms with van der Waals surface area (Å²) in [5.74, 6) is 0.382. The number of alkyl halides is 1. The number of β-amino-alcohol motifs (C(OH)–C–C–N with tert-alkyl or cyclic N) is 1. The number of aliphatic hydroxyl groups excluding tert-OH is 1. The first-order valence-electron chi connectivity index (χ1n) is 25.8. The number of hydrogen-bond acceptors (Lipinski definition) is 14. The van der Waals surface area contributed by atoms with Gasteiger partial charge in [0.1, 0.15) is 29.5 Å². The molecule has 0 unspecified atom stereocenters. The third-order valence-electron chi connectivity index (χ3n) is 15.2. The first-order chi connectivity index (χ1) is 35.6. The number of aliphatic hydroxyl groups is 1. The number of H-pyrrole nitrogens is 1. The van der Waals surface area contributed by atoms with E-state index in [0.717, 1.165) is 101 Å². The van der Waals surface area contributed by atoms with Crippen molar-refractivity contribution in [2.45, 2.75) is 121 Å². The van der Waals surface area contributed by atoms with Crippen LogP contribution in [0.3, 0.4) is 0 Å². The van der Waals surface area contributed by atoms with E-state index in [1.165, 1.54) is 16.2 Å². The number of fused-ring (bicyclic) bond motifs is 1. The summed E-state index contributed by atoms with van der Waals surface area (Å²) in [6, 6.07) is 18.4. The smallest absolute Gasteiger partial charge is 0.258 e. The van der Waals surface area contributed by atoms with Gasteiger partial charge in [0.25, 0.3) is 5.91 Å². The zero-order valence-electron chi connectivity index (χ0n) is 42.3. The number of thiazole rings is 1. The minimum Gasteiger partial charge on any atom is -0.490 e. The van der Waals surface area contributed by atoms with E-state index >= 15 is 0 Å². The standard InChI is InChI=1S/C54H64FN11O7S/c1-32-47(74-31-56-32)35-10-8-34(9-11-35)43(57-50(69)44-28-38(67)30-66(44)51(70)48(53(2,3)4)58-52(71)54(55)19-20-54)29-45(68)65-24-15-33(16-25-65)14-21-64-22-17-39(18-23-64)72-40-7-5-6-36(26-40)46-41-27-37(49-59-62-63-60-49)12-13-42(41)61-73-46/h5-13,26-27,31,33,38-39,43-44,48,67H,14-25,28-30H2,1-4H3,(H,57,69)(H,58,71)(H,59,60,62,63)/t38-,43+,44+,48-/m1/s1. The average molecular weight is 1030 g/mol. The highest BCUT2D eigenvalue weighted by molar-refractivity contribution is 7.13. The highest BCUT2D eigenvalue weighted by Crippen LogP contribution is 2.41. The number of carbonyl (C=O) groups excluding carboxylic acids is 4. The molecule has 10 rings (SSSR count). The van der Waals surface area contributed by atoms with Gasteiger partial charge in [-0.2, -0.15) is 5.21 Å². The summed E-state index contributed by atoms with van der Waals surface area (Å²) in [5.41, 5.74) is 3.98. The van der Waals surface area contributed by atoms with Gasteiger partial charge in [0.15, 0.2) is 11.4 Å². The van der Waals surface area contributed by atoms with Crippen LogP contribution in [-0.2, 0) is 19.2 Å². The summed E-state index contributed by atoms with van der Waals surface area (Å²) in [5, 5.41) is 36.1. The van der Waals surface area contributed by atoms with Crippen LogP contribution in [0.4, 0.5) is 4.39 Å².